The normalized spacial score (nSPS) is 11.4. The topological polar surface area (TPSA) is 6.48 Å². The Labute approximate surface area is 307 Å². The van der Waals surface area contributed by atoms with Crippen LogP contribution in [-0.4, -0.2) is 0 Å². The number of nitrogens with zero attached hydrogens (tertiary/aromatic N) is 2. The van der Waals surface area contributed by atoms with Crippen molar-refractivity contribution < 1.29 is 0 Å². The Hall–Kier alpha value is -6.38. The molecule has 0 aliphatic heterocycles. The molecule has 0 saturated carbocycles. The summed E-state index contributed by atoms with van der Waals surface area (Å²) in [4.78, 5) is 4.67. The molecule has 0 unspecified atom stereocenters. The van der Waals surface area contributed by atoms with Gasteiger partial charge in [-0.1, -0.05) is 109 Å². The monoisotopic (exact) mass is 670 g/mol. The molecule has 2 heteroatoms. The van der Waals surface area contributed by atoms with E-state index < -0.39 is 0 Å². The van der Waals surface area contributed by atoms with Crippen LogP contribution in [0.2, 0.25) is 0 Å². The van der Waals surface area contributed by atoms with Gasteiger partial charge in [-0.25, -0.2) is 0 Å². The first kappa shape index (κ1) is 32.8. The summed E-state index contributed by atoms with van der Waals surface area (Å²) in [6.45, 7) is 8.99. The molecule has 8 rings (SSSR count). The average Bonchev–Trinajstić information content (AvgIpc) is 3.17. The SMILES string of the molecule is Cc1cc(N(c2ccccc2)c2ccccc2)cc2ccc(/C=C/c3ccc4cc(N(c5ccccc5)c5ccccc5)cc(C)c4c3C)c(C)c12. The van der Waals surface area contributed by atoms with E-state index in [-0.39, 0.29) is 0 Å². The van der Waals surface area contributed by atoms with E-state index in [1.54, 1.807) is 0 Å². The molecule has 0 bridgehead atoms. The third kappa shape index (κ3) is 6.25. The first-order valence-electron chi connectivity index (χ1n) is 18.0. The molecule has 252 valence electrons. The fourth-order valence-electron chi connectivity index (χ4n) is 7.78. The maximum Gasteiger partial charge on any atom is 0.0470 e. The highest BCUT2D eigenvalue weighted by molar-refractivity contribution is 5.98. The van der Waals surface area contributed by atoms with E-state index in [0.29, 0.717) is 0 Å². The zero-order chi connectivity index (χ0) is 35.6. The summed E-state index contributed by atoms with van der Waals surface area (Å²) in [5.41, 5.74) is 14.5. The van der Waals surface area contributed by atoms with E-state index in [1.807, 2.05) is 0 Å². The van der Waals surface area contributed by atoms with Gasteiger partial charge in [0.1, 0.15) is 0 Å². The number of hydrogen-bond donors (Lipinski definition) is 0. The standard InChI is InChI=1S/C50H42N2/c1-35-31-47(51(43-17-9-5-10-18-43)44-19-11-6-12-20-44)33-41-29-27-39(37(3)49(35)41)25-26-40-28-30-42-34-48(32-36(2)50(42)38(40)4)52(45-21-13-7-14-22-45)46-23-15-8-16-24-46/h5-34H,1-4H3/b26-25+. The molecule has 0 aromatic heterocycles. The number of aryl methyl sites for hydroxylation is 4. The van der Waals surface area contributed by atoms with Crippen LogP contribution in [0.25, 0.3) is 33.7 Å². The molecule has 52 heavy (non-hydrogen) atoms. The first-order chi connectivity index (χ1) is 25.5. The Morgan fingerprint density at radius 3 is 0.942 bits per heavy atom. The quantitative estimate of drug-likeness (QED) is 0.148. The summed E-state index contributed by atoms with van der Waals surface area (Å²) in [6, 6.07) is 60.8. The molecule has 0 atom stereocenters. The Bertz CT molecular complexity index is 2280. The third-order valence-electron chi connectivity index (χ3n) is 10.2. The van der Waals surface area contributed by atoms with Gasteiger partial charge in [-0.3, -0.25) is 0 Å². The molecule has 2 nitrogen and oxygen atoms in total. The number of rotatable bonds is 8. The van der Waals surface area contributed by atoms with Crippen molar-refractivity contribution in [3.05, 3.63) is 203 Å². The molecule has 8 aromatic rings. The zero-order valence-electron chi connectivity index (χ0n) is 30.2. The smallest absolute Gasteiger partial charge is 0.0470 e. The van der Waals surface area contributed by atoms with Crippen LogP contribution in [0, 0.1) is 27.7 Å². The summed E-state index contributed by atoms with van der Waals surface area (Å²) in [7, 11) is 0. The minimum atomic E-state index is 1.14. The van der Waals surface area contributed by atoms with Crippen molar-refractivity contribution in [2.75, 3.05) is 9.80 Å². The number of anilines is 6. The number of fused-ring (bicyclic) bond motifs is 2. The van der Waals surface area contributed by atoms with Crippen molar-refractivity contribution >= 4 is 67.8 Å². The van der Waals surface area contributed by atoms with Crippen molar-refractivity contribution in [3.63, 3.8) is 0 Å². The van der Waals surface area contributed by atoms with Crippen molar-refractivity contribution in [2.45, 2.75) is 27.7 Å². The molecule has 0 fully saturated rings. The second-order valence-corrected chi connectivity index (χ2v) is 13.6. The van der Waals surface area contributed by atoms with Crippen molar-refractivity contribution in [3.8, 4) is 0 Å². The highest BCUT2D eigenvalue weighted by atomic mass is 15.1. The molecule has 0 aliphatic carbocycles. The third-order valence-corrected chi connectivity index (χ3v) is 10.2. The molecule has 8 aromatic carbocycles. The van der Waals surface area contributed by atoms with Gasteiger partial charge in [0.2, 0.25) is 0 Å². The Kier molecular flexibility index (Phi) is 8.89. The number of hydrogen-bond acceptors (Lipinski definition) is 2. The fraction of sp³-hybridized carbons (Fsp3) is 0.0800. The zero-order valence-corrected chi connectivity index (χ0v) is 30.2. The van der Waals surface area contributed by atoms with Crippen LogP contribution in [0.15, 0.2) is 170 Å². The van der Waals surface area contributed by atoms with E-state index in [2.05, 4.69) is 220 Å². The van der Waals surface area contributed by atoms with Crippen LogP contribution >= 0.6 is 0 Å². The number of benzene rings is 8. The maximum atomic E-state index is 2.34. The van der Waals surface area contributed by atoms with Crippen LogP contribution in [0.4, 0.5) is 34.1 Å². The lowest BCUT2D eigenvalue weighted by molar-refractivity contribution is 1.28. The van der Waals surface area contributed by atoms with Gasteiger partial charge in [0.15, 0.2) is 0 Å². The van der Waals surface area contributed by atoms with Crippen molar-refractivity contribution in [1.82, 2.24) is 0 Å². The Morgan fingerprint density at radius 1 is 0.327 bits per heavy atom. The fourth-order valence-corrected chi connectivity index (χ4v) is 7.78. The van der Waals surface area contributed by atoms with Gasteiger partial charge < -0.3 is 9.80 Å². The van der Waals surface area contributed by atoms with E-state index in [1.165, 1.54) is 54.9 Å². The van der Waals surface area contributed by atoms with Gasteiger partial charge in [0.05, 0.1) is 0 Å². The Morgan fingerprint density at radius 2 is 0.635 bits per heavy atom. The van der Waals surface area contributed by atoms with E-state index in [0.717, 1.165) is 34.1 Å². The average molecular weight is 671 g/mol. The molecule has 0 radical (unpaired) electrons. The van der Waals surface area contributed by atoms with Gasteiger partial charge in [0.25, 0.3) is 0 Å². The highest BCUT2D eigenvalue weighted by Gasteiger charge is 2.17. The van der Waals surface area contributed by atoms with Crippen molar-refractivity contribution in [2.24, 2.45) is 0 Å². The largest absolute Gasteiger partial charge is 0.310 e. The van der Waals surface area contributed by atoms with Crippen molar-refractivity contribution in [1.29, 1.82) is 0 Å². The van der Waals surface area contributed by atoms with E-state index in [4.69, 9.17) is 0 Å². The van der Waals surface area contributed by atoms with Crippen LogP contribution < -0.4 is 9.80 Å². The lowest BCUT2D eigenvalue weighted by atomic mass is 9.93. The molecule has 0 heterocycles. The van der Waals surface area contributed by atoms with Gasteiger partial charge in [-0.05, 0) is 155 Å². The minimum Gasteiger partial charge on any atom is -0.310 e. The van der Waals surface area contributed by atoms with Gasteiger partial charge in [0, 0.05) is 34.1 Å². The molecule has 0 amide bonds. The lowest BCUT2D eigenvalue weighted by Crippen LogP contribution is -2.10. The first-order valence-corrected chi connectivity index (χ1v) is 18.0. The van der Waals surface area contributed by atoms with Gasteiger partial charge >= 0.3 is 0 Å². The van der Waals surface area contributed by atoms with E-state index in [9.17, 15) is 0 Å². The minimum absolute atomic E-state index is 1.14. The van der Waals surface area contributed by atoms with Gasteiger partial charge in [-0.2, -0.15) is 0 Å². The summed E-state index contributed by atoms with van der Waals surface area (Å²) in [5, 5.41) is 5.11. The molecular formula is C50H42N2. The van der Waals surface area contributed by atoms with Crippen LogP contribution in [-0.2, 0) is 0 Å². The molecule has 0 spiro atoms. The summed E-state index contributed by atoms with van der Waals surface area (Å²) in [5.74, 6) is 0. The molecule has 0 saturated heterocycles. The maximum absolute atomic E-state index is 2.34. The predicted octanol–water partition coefficient (Wildman–Crippen LogP) is 14.3. The van der Waals surface area contributed by atoms with E-state index >= 15 is 0 Å². The van der Waals surface area contributed by atoms with Crippen LogP contribution in [0.1, 0.15) is 33.4 Å². The second kappa shape index (κ2) is 14.1. The van der Waals surface area contributed by atoms with Crippen LogP contribution in [0.3, 0.4) is 0 Å². The number of para-hydroxylation sites is 4. The highest BCUT2D eigenvalue weighted by Crippen LogP contribution is 2.40. The second-order valence-electron chi connectivity index (χ2n) is 13.6. The molecular weight excluding hydrogens is 629 g/mol. The van der Waals surface area contributed by atoms with Gasteiger partial charge in [-0.15, -0.1) is 0 Å². The van der Waals surface area contributed by atoms with Crippen LogP contribution in [0.5, 0.6) is 0 Å². The summed E-state index contributed by atoms with van der Waals surface area (Å²) in [6.07, 6.45) is 4.57. The lowest BCUT2D eigenvalue weighted by Gasteiger charge is -2.26. The summed E-state index contributed by atoms with van der Waals surface area (Å²) < 4.78 is 0. The molecule has 0 N–H and O–H groups in total. The molecule has 0 aliphatic rings. The Balaban J connectivity index is 1.14. The predicted molar refractivity (Wildman–Crippen MR) is 225 cm³/mol. The summed E-state index contributed by atoms with van der Waals surface area (Å²) >= 11 is 0.